The van der Waals surface area contributed by atoms with E-state index in [9.17, 15) is 4.79 Å². The van der Waals surface area contributed by atoms with E-state index in [1.54, 1.807) is 26.4 Å². The van der Waals surface area contributed by atoms with E-state index in [0.717, 1.165) is 10.0 Å². The molecule has 0 N–H and O–H groups in total. The number of methoxy groups -OCH3 is 3. The predicted octanol–water partition coefficient (Wildman–Crippen LogP) is 2.74. The monoisotopic (exact) mass is 302 g/mol. The van der Waals surface area contributed by atoms with E-state index in [4.69, 9.17) is 14.2 Å². The molecule has 94 valence electrons. The van der Waals surface area contributed by atoms with E-state index in [2.05, 4.69) is 15.9 Å². The molecule has 0 radical (unpaired) electrons. The van der Waals surface area contributed by atoms with Gasteiger partial charge in [0.1, 0.15) is 6.10 Å². The van der Waals surface area contributed by atoms with E-state index in [1.807, 2.05) is 0 Å². The van der Waals surface area contributed by atoms with Gasteiger partial charge in [-0.3, -0.25) is 4.79 Å². The van der Waals surface area contributed by atoms with Gasteiger partial charge in [-0.15, -0.1) is 0 Å². The van der Waals surface area contributed by atoms with Gasteiger partial charge < -0.3 is 14.2 Å². The van der Waals surface area contributed by atoms with Crippen LogP contribution in [0.4, 0.5) is 0 Å². The molecule has 0 amide bonds. The standard InChI is InChI=1S/C12H15BrO4/c1-7(14)12(17-4)8-5-10(15-2)11(16-3)6-9(8)13/h5-6,12H,1-4H3. The molecule has 17 heavy (non-hydrogen) atoms. The molecule has 0 aliphatic carbocycles. The Labute approximate surface area is 109 Å². The zero-order chi connectivity index (χ0) is 13.0. The number of carbonyl (C=O) groups excluding carboxylic acids is 1. The molecular weight excluding hydrogens is 288 g/mol. The molecule has 0 aromatic heterocycles. The van der Waals surface area contributed by atoms with Gasteiger partial charge in [-0.1, -0.05) is 15.9 Å². The molecule has 0 bridgehead atoms. The van der Waals surface area contributed by atoms with Gasteiger partial charge in [0.05, 0.1) is 14.2 Å². The topological polar surface area (TPSA) is 44.8 Å². The first-order chi connectivity index (χ1) is 8.04. The number of carbonyl (C=O) groups is 1. The zero-order valence-electron chi connectivity index (χ0n) is 10.2. The van der Waals surface area contributed by atoms with E-state index >= 15 is 0 Å². The first-order valence-corrected chi connectivity index (χ1v) is 5.79. The fourth-order valence-corrected chi connectivity index (χ4v) is 2.11. The lowest BCUT2D eigenvalue weighted by Gasteiger charge is -2.17. The summed E-state index contributed by atoms with van der Waals surface area (Å²) in [4.78, 5) is 11.5. The minimum absolute atomic E-state index is 0.0691. The summed E-state index contributed by atoms with van der Waals surface area (Å²) in [7, 11) is 4.60. The quantitative estimate of drug-likeness (QED) is 0.839. The molecule has 0 spiro atoms. The molecular formula is C12H15BrO4. The highest BCUT2D eigenvalue weighted by Gasteiger charge is 2.21. The second-order valence-electron chi connectivity index (χ2n) is 3.46. The molecule has 1 rings (SSSR count). The lowest BCUT2D eigenvalue weighted by molar-refractivity contribution is -0.126. The van der Waals surface area contributed by atoms with Crippen molar-refractivity contribution in [3.63, 3.8) is 0 Å². The highest BCUT2D eigenvalue weighted by molar-refractivity contribution is 9.10. The first kappa shape index (κ1) is 14.0. The van der Waals surface area contributed by atoms with Crippen LogP contribution in [0, 0.1) is 0 Å². The highest BCUT2D eigenvalue weighted by Crippen LogP contribution is 2.37. The zero-order valence-corrected chi connectivity index (χ0v) is 11.8. The van der Waals surface area contributed by atoms with Crippen molar-refractivity contribution in [3.05, 3.63) is 22.2 Å². The summed E-state index contributed by atoms with van der Waals surface area (Å²) >= 11 is 3.39. The van der Waals surface area contributed by atoms with Gasteiger partial charge in [-0.2, -0.15) is 0 Å². The van der Waals surface area contributed by atoms with Crippen molar-refractivity contribution in [1.82, 2.24) is 0 Å². The Bertz CT molecular complexity index is 417. The van der Waals surface area contributed by atoms with Crippen LogP contribution in [-0.4, -0.2) is 27.1 Å². The van der Waals surface area contributed by atoms with Gasteiger partial charge in [-0.25, -0.2) is 0 Å². The summed E-state index contributed by atoms with van der Waals surface area (Å²) in [6.45, 7) is 1.48. The van der Waals surface area contributed by atoms with Gasteiger partial charge in [-0.05, 0) is 19.1 Å². The average Bonchev–Trinajstić information content (AvgIpc) is 2.31. The third-order valence-electron chi connectivity index (χ3n) is 2.39. The van der Waals surface area contributed by atoms with E-state index in [-0.39, 0.29) is 5.78 Å². The third kappa shape index (κ3) is 2.98. The number of ether oxygens (including phenoxy) is 3. The number of hydrogen-bond acceptors (Lipinski definition) is 4. The summed E-state index contributed by atoms with van der Waals surface area (Å²) in [5.41, 5.74) is 0.720. The minimum atomic E-state index is -0.607. The Morgan fingerprint density at radius 2 is 1.71 bits per heavy atom. The molecule has 0 aliphatic heterocycles. The van der Waals surface area contributed by atoms with Gasteiger partial charge in [0.25, 0.3) is 0 Å². The smallest absolute Gasteiger partial charge is 0.163 e. The normalized spacial score (nSPS) is 12.1. The van der Waals surface area contributed by atoms with Crippen LogP contribution in [0.2, 0.25) is 0 Å². The summed E-state index contributed by atoms with van der Waals surface area (Å²) in [6.07, 6.45) is -0.607. The Kier molecular flexibility index (Phi) is 4.96. The first-order valence-electron chi connectivity index (χ1n) is 4.99. The maximum Gasteiger partial charge on any atom is 0.163 e. The number of halogens is 1. The van der Waals surface area contributed by atoms with Crippen LogP contribution in [-0.2, 0) is 9.53 Å². The van der Waals surface area contributed by atoms with E-state index < -0.39 is 6.10 Å². The van der Waals surface area contributed by atoms with Crippen LogP contribution in [0.25, 0.3) is 0 Å². The molecule has 1 atom stereocenters. The van der Waals surface area contributed by atoms with Gasteiger partial charge >= 0.3 is 0 Å². The molecule has 0 aliphatic rings. The highest BCUT2D eigenvalue weighted by atomic mass is 79.9. The van der Waals surface area contributed by atoms with Crippen LogP contribution >= 0.6 is 15.9 Å². The average molecular weight is 303 g/mol. The van der Waals surface area contributed by atoms with Gasteiger partial charge in [0.2, 0.25) is 0 Å². The van der Waals surface area contributed by atoms with Crippen molar-refractivity contribution in [2.24, 2.45) is 0 Å². The largest absolute Gasteiger partial charge is 0.493 e. The van der Waals surface area contributed by atoms with Crippen molar-refractivity contribution in [2.45, 2.75) is 13.0 Å². The van der Waals surface area contributed by atoms with Crippen LogP contribution in [0.5, 0.6) is 11.5 Å². The van der Waals surface area contributed by atoms with Crippen molar-refractivity contribution < 1.29 is 19.0 Å². The fourth-order valence-electron chi connectivity index (χ4n) is 1.58. The summed E-state index contributed by atoms with van der Waals surface area (Å²) in [5, 5.41) is 0. The van der Waals surface area contributed by atoms with Crippen LogP contribution in [0.1, 0.15) is 18.6 Å². The van der Waals surface area contributed by atoms with E-state index in [0.29, 0.717) is 11.5 Å². The number of ketones is 1. The lowest BCUT2D eigenvalue weighted by atomic mass is 10.1. The molecule has 1 aromatic rings. The third-order valence-corrected chi connectivity index (χ3v) is 3.08. The summed E-state index contributed by atoms with van der Waals surface area (Å²) in [5.74, 6) is 1.09. The Morgan fingerprint density at radius 3 is 2.12 bits per heavy atom. The maximum absolute atomic E-state index is 11.5. The molecule has 5 heteroatoms. The summed E-state index contributed by atoms with van der Waals surface area (Å²) < 4.78 is 16.3. The van der Waals surface area contributed by atoms with Crippen LogP contribution in [0.3, 0.4) is 0 Å². The molecule has 4 nitrogen and oxygen atoms in total. The number of hydrogen-bond donors (Lipinski definition) is 0. The van der Waals surface area contributed by atoms with Crippen molar-refractivity contribution in [1.29, 1.82) is 0 Å². The fraction of sp³-hybridized carbons (Fsp3) is 0.417. The second-order valence-corrected chi connectivity index (χ2v) is 4.31. The molecule has 1 unspecified atom stereocenters. The molecule has 0 saturated heterocycles. The Morgan fingerprint density at radius 1 is 1.18 bits per heavy atom. The molecule has 0 fully saturated rings. The predicted molar refractivity (Wildman–Crippen MR) is 67.7 cm³/mol. The SMILES string of the molecule is COc1cc(Br)c(C(OC)C(C)=O)cc1OC. The second kappa shape index (κ2) is 6.02. The van der Waals surface area contributed by atoms with Crippen molar-refractivity contribution in [3.8, 4) is 11.5 Å². The van der Waals surface area contributed by atoms with E-state index in [1.165, 1.54) is 14.0 Å². The Balaban J connectivity index is 3.29. The number of Topliss-reactive ketones (excluding diaryl/α,β-unsaturated/α-hetero) is 1. The maximum atomic E-state index is 11.5. The van der Waals surface area contributed by atoms with Crippen molar-refractivity contribution in [2.75, 3.05) is 21.3 Å². The molecule has 0 saturated carbocycles. The lowest BCUT2D eigenvalue weighted by Crippen LogP contribution is -2.12. The van der Waals surface area contributed by atoms with Gasteiger partial charge in [0, 0.05) is 17.1 Å². The summed E-state index contributed by atoms with van der Waals surface area (Å²) in [6, 6.07) is 3.49. The van der Waals surface area contributed by atoms with Gasteiger partial charge in [0.15, 0.2) is 17.3 Å². The van der Waals surface area contributed by atoms with Crippen LogP contribution < -0.4 is 9.47 Å². The van der Waals surface area contributed by atoms with Crippen molar-refractivity contribution >= 4 is 21.7 Å². The Hall–Kier alpha value is -1.07. The number of benzene rings is 1. The minimum Gasteiger partial charge on any atom is -0.493 e. The van der Waals surface area contributed by atoms with Crippen LogP contribution in [0.15, 0.2) is 16.6 Å². The number of rotatable bonds is 5. The molecule has 1 aromatic carbocycles. The molecule has 0 heterocycles.